The summed E-state index contributed by atoms with van der Waals surface area (Å²) in [6.45, 7) is 5.18. The second-order valence-corrected chi connectivity index (χ2v) is 6.25. The molecule has 2 rings (SSSR count). The van der Waals surface area contributed by atoms with Crippen LogP contribution in [0.4, 0.5) is 0 Å². The van der Waals surface area contributed by atoms with E-state index in [1.165, 1.54) is 25.6 Å². The first-order valence-electron chi connectivity index (χ1n) is 6.34. The van der Waals surface area contributed by atoms with Gasteiger partial charge in [0.15, 0.2) is 6.29 Å². The molecule has 2 aliphatic rings. The third-order valence-corrected chi connectivity index (χ3v) is 4.30. The molecule has 1 aliphatic carbocycles. The topological polar surface area (TPSA) is 29.5 Å². The third kappa shape index (κ3) is 2.39. The van der Waals surface area contributed by atoms with Crippen LogP contribution in [0, 0.1) is 5.41 Å². The molecule has 15 heavy (non-hydrogen) atoms. The predicted molar refractivity (Wildman–Crippen MR) is 63.5 cm³/mol. The second-order valence-electron chi connectivity index (χ2n) is 6.25. The highest BCUT2D eigenvalue weighted by atomic mass is 16.6. The van der Waals surface area contributed by atoms with Crippen LogP contribution in [-0.4, -0.2) is 25.3 Å². The lowest BCUT2D eigenvalue weighted by Gasteiger charge is -2.39. The van der Waals surface area contributed by atoms with Gasteiger partial charge in [-0.2, -0.15) is 0 Å². The summed E-state index contributed by atoms with van der Waals surface area (Å²) in [5.41, 5.74) is 0.238. The minimum absolute atomic E-state index is 0.0893. The summed E-state index contributed by atoms with van der Waals surface area (Å²) in [5.74, 6) is 0. The molecule has 2 nitrogen and oxygen atoms in total. The van der Waals surface area contributed by atoms with Crippen molar-refractivity contribution < 1.29 is 9.84 Å². The molecule has 0 aromatic heterocycles. The molecule has 1 atom stereocenters. The van der Waals surface area contributed by atoms with Gasteiger partial charge in [0.25, 0.3) is 0 Å². The van der Waals surface area contributed by atoms with Gasteiger partial charge in [-0.1, -0.05) is 39.4 Å². The highest BCUT2D eigenvalue weighted by Gasteiger charge is 2.44. The molecular weight excluding hydrogens is 187 g/mol. The zero-order valence-corrected chi connectivity index (χ0v) is 10.1. The maximum absolute atomic E-state index is 10.2. The van der Waals surface area contributed by atoms with Gasteiger partial charge in [0.05, 0.1) is 6.61 Å². The first-order valence-corrected chi connectivity index (χ1v) is 6.34. The van der Waals surface area contributed by atoms with E-state index in [2.05, 4.69) is 13.8 Å². The molecule has 2 fully saturated rings. The van der Waals surface area contributed by atoms with Crippen molar-refractivity contribution in [1.82, 2.24) is 0 Å². The highest BCUT2D eigenvalue weighted by Crippen LogP contribution is 2.49. The number of rotatable bonds is 0. The fourth-order valence-electron chi connectivity index (χ4n) is 3.02. The molecule has 0 radical (unpaired) electrons. The lowest BCUT2D eigenvalue weighted by Crippen LogP contribution is -2.35. The van der Waals surface area contributed by atoms with Crippen LogP contribution in [0.2, 0.25) is 11.6 Å². The summed E-state index contributed by atoms with van der Waals surface area (Å²) in [5, 5.41) is 10.3. The SMILES string of the molecule is CC1(C)CBC2(CCCCC2)C(O)OC1. The van der Waals surface area contributed by atoms with Crippen LogP contribution in [0.5, 0.6) is 0 Å². The van der Waals surface area contributed by atoms with Gasteiger partial charge in [0.1, 0.15) is 7.28 Å². The Morgan fingerprint density at radius 1 is 1.20 bits per heavy atom. The van der Waals surface area contributed by atoms with Gasteiger partial charge in [0, 0.05) is 0 Å². The fourth-order valence-corrected chi connectivity index (χ4v) is 3.02. The number of hydrogen-bond acceptors (Lipinski definition) is 2. The van der Waals surface area contributed by atoms with Crippen LogP contribution in [0.15, 0.2) is 0 Å². The molecule has 1 unspecified atom stereocenters. The Labute approximate surface area is 93.6 Å². The van der Waals surface area contributed by atoms with Gasteiger partial charge in [0.2, 0.25) is 0 Å². The molecule has 86 valence electrons. The van der Waals surface area contributed by atoms with Crippen molar-refractivity contribution in [1.29, 1.82) is 0 Å². The summed E-state index contributed by atoms with van der Waals surface area (Å²) >= 11 is 0. The number of ether oxygens (including phenoxy) is 1. The minimum Gasteiger partial charge on any atom is -0.368 e. The molecule has 1 aliphatic heterocycles. The van der Waals surface area contributed by atoms with Gasteiger partial charge >= 0.3 is 0 Å². The van der Waals surface area contributed by atoms with Gasteiger partial charge in [-0.05, 0) is 23.6 Å². The van der Waals surface area contributed by atoms with E-state index in [1.807, 2.05) is 0 Å². The summed E-state index contributed by atoms with van der Waals surface area (Å²) < 4.78 is 5.67. The monoisotopic (exact) mass is 210 g/mol. The zero-order chi connectivity index (χ0) is 10.9. The summed E-state index contributed by atoms with van der Waals surface area (Å²) in [4.78, 5) is 0. The molecule has 0 amide bonds. The van der Waals surface area contributed by atoms with E-state index in [0.717, 1.165) is 20.1 Å². The maximum Gasteiger partial charge on any atom is 0.153 e. The van der Waals surface area contributed by atoms with Crippen LogP contribution in [-0.2, 0) is 4.74 Å². The average molecular weight is 210 g/mol. The molecule has 1 heterocycles. The molecular formula is C12H23BO2. The Morgan fingerprint density at radius 3 is 2.53 bits per heavy atom. The molecule has 0 aromatic rings. The van der Waals surface area contributed by atoms with Crippen molar-refractivity contribution in [3.8, 4) is 0 Å². The van der Waals surface area contributed by atoms with E-state index < -0.39 is 6.29 Å². The highest BCUT2D eigenvalue weighted by molar-refractivity contribution is 6.40. The molecule has 1 N–H and O–H groups in total. The van der Waals surface area contributed by atoms with Crippen LogP contribution in [0.25, 0.3) is 0 Å². The van der Waals surface area contributed by atoms with Crippen LogP contribution in [0.1, 0.15) is 46.0 Å². The molecule has 0 aromatic carbocycles. The molecule has 1 spiro atoms. The first-order chi connectivity index (χ1) is 7.04. The van der Waals surface area contributed by atoms with E-state index >= 15 is 0 Å². The minimum atomic E-state index is -0.514. The van der Waals surface area contributed by atoms with E-state index in [1.54, 1.807) is 0 Å². The van der Waals surface area contributed by atoms with E-state index in [0.29, 0.717) is 6.61 Å². The molecule has 1 saturated carbocycles. The Bertz CT molecular complexity index is 222. The van der Waals surface area contributed by atoms with Gasteiger partial charge in [-0.25, -0.2) is 0 Å². The summed E-state index contributed by atoms with van der Waals surface area (Å²) in [6.07, 6.45) is 6.84. The largest absolute Gasteiger partial charge is 0.368 e. The predicted octanol–water partition coefficient (Wildman–Crippen LogP) is 2.34. The van der Waals surface area contributed by atoms with E-state index in [9.17, 15) is 5.11 Å². The van der Waals surface area contributed by atoms with Crippen molar-refractivity contribution in [2.24, 2.45) is 5.41 Å². The van der Waals surface area contributed by atoms with E-state index in [4.69, 9.17) is 4.74 Å². The van der Waals surface area contributed by atoms with Crippen molar-refractivity contribution in [3.05, 3.63) is 0 Å². The summed E-state index contributed by atoms with van der Waals surface area (Å²) in [6, 6.07) is 0. The normalized spacial score (nSPS) is 34.5. The number of aliphatic hydroxyl groups is 1. The van der Waals surface area contributed by atoms with Crippen LogP contribution >= 0.6 is 0 Å². The average Bonchev–Trinajstić information content (AvgIpc) is 2.33. The molecule has 1 saturated heterocycles. The van der Waals surface area contributed by atoms with Gasteiger partial charge < -0.3 is 9.84 Å². The van der Waals surface area contributed by atoms with Crippen LogP contribution in [0.3, 0.4) is 0 Å². The van der Waals surface area contributed by atoms with Crippen LogP contribution < -0.4 is 0 Å². The first kappa shape index (κ1) is 11.5. The standard InChI is InChI=1S/C12H23BO2/c1-11(2)8-13-12(10(14)15-9-11)6-4-3-5-7-12/h10,13-14H,3-9H2,1-2H3. The second kappa shape index (κ2) is 4.10. The van der Waals surface area contributed by atoms with Crippen molar-refractivity contribution in [3.63, 3.8) is 0 Å². The smallest absolute Gasteiger partial charge is 0.153 e. The van der Waals surface area contributed by atoms with Crippen molar-refractivity contribution >= 4 is 7.28 Å². The lowest BCUT2D eigenvalue weighted by molar-refractivity contribution is -0.144. The Balaban J connectivity index is 2.10. The lowest BCUT2D eigenvalue weighted by atomic mass is 9.43. The van der Waals surface area contributed by atoms with Gasteiger partial charge in [-0.15, -0.1) is 0 Å². The van der Waals surface area contributed by atoms with Gasteiger partial charge in [-0.3, -0.25) is 0 Å². The Kier molecular flexibility index (Phi) is 3.13. The van der Waals surface area contributed by atoms with Crippen molar-refractivity contribution in [2.45, 2.75) is 63.9 Å². The number of aliphatic hydroxyl groups excluding tert-OH is 1. The Morgan fingerprint density at radius 2 is 1.87 bits per heavy atom. The maximum atomic E-state index is 10.2. The Hall–Kier alpha value is -0.0151. The number of hydrogen-bond donors (Lipinski definition) is 1. The van der Waals surface area contributed by atoms with Crippen molar-refractivity contribution in [2.75, 3.05) is 6.61 Å². The third-order valence-electron chi connectivity index (χ3n) is 4.30. The molecule has 0 bridgehead atoms. The van der Waals surface area contributed by atoms with E-state index in [-0.39, 0.29) is 10.7 Å². The summed E-state index contributed by atoms with van der Waals surface area (Å²) in [7, 11) is 1.14. The molecule has 3 heteroatoms. The quantitative estimate of drug-likeness (QED) is 0.622. The zero-order valence-electron chi connectivity index (χ0n) is 10.1. The fraction of sp³-hybridized carbons (Fsp3) is 1.00.